The molecule has 2 rings (SSSR count). The van der Waals surface area contributed by atoms with Crippen LogP contribution >= 0.6 is 11.6 Å². The first-order valence-electron chi connectivity index (χ1n) is 8.46. The van der Waals surface area contributed by atoms with Crippen molar-refractivity contribution in [2.75, 3.05) is 13.1 Å². The average Bonchev–Trinajstić information content (AvgIpc) is 2.61. The smallest absolute Gasteiger partial charge is 0.246 e. The molecule has 0 fully saturated rings. The summed E-state index contributed by atoms with van der Waals surface area (Å²) in [6, 6.07) is 11.8. The van der Waals surface area contributed by atoms with Crippen molar-refractivity contribution in [1.82, 2.24) is 9.62 Å². The molecule has 2 aromatic rings. The van der Waals surface area contributed by atoms with E-state index in [1.807, 2.05) is 13.8 Å². The minimum atomic E-state index is -4.24. The average molecular weight is 413 g/mol. The summed E-state index contributed by atoms with van der Waals surface area (Å²) in [5.41, 5.74) is 0.524. The number of carbonyl (C=O) groups excluding carboxylic acids is 1. The fraction of sp³-hybridized carbons (Fsp3) is 0.316. The van der Waals surface area contributed by atoms with Crippen LogP contribution < -0.4 is 5.32 Å². The predicted octanol–water partition coefficient (Wildman–Crippen LogP) is 3.44. The van der Waals surface area contributed by atoms with E-state index in [0.717, 1.165) is 10.4 Å². The van der Waals surface area contributed by atoms with Gasteiger partial charge in [0.25, 0.3) is 0 Å². The summed E-state index contributed by atoms with van der Waals surface area (Å²) < 4.78 is 41.1. The molecular formula is C19H22ClFN2O3S. The van der Waals surface area contributed by atoms with Crippen LogP contribution in [0.1, 0.15) is 19.4 Å². The maximum atomic E-state index is 14.1. The van der Waals surface area contributed by atoms with Crippen LogP contribution in [0.5, 0.6) is 0 Å². The van der Waals surface area contributed by atoms with E-state index in [2.05, 4.69) is 5.32 Å². The Kier molecular flexibility index (Phi) is 7.35. The minimum Gasteiger partial charge on any atom is -0.355 e. The van der Waals surface area contributed by atoms with Crippen LogP contribution in [0.3, 0.4) is 0 Å². The van der Waals surface area contributed by atoms with Crippen molar-refractivity contribution in [3.63, 3.8) is 0 Å². The van der Waals surface area contributed by atoms with Gasteiger partial charge < -0.3 is 5.32 Å². The lowest BCUT2D eigenvalue weighted by atomic mass is 10.2. The molecule has 0 aliphatic rings. The zero-order valence-corrected chi connectivity index (χ0v) is 16.7. The SMILES string of the molecule is CC(C)CNC(=O)CN(Cc1ccccc1Cl)S(=O)(=O)c1ccccc1F. The summed E-state index contributed by atoms with van der Waals surface area (Å²) in [6.45, 7) is 3.69. The molecule has 0 atom stereocenters. The fourth-order valence-corrected chi connectivity index (χ4v) is 4.00. The zero-order chi connectivity index (χ0) is 20.0. The maximum Gasteiger partial charge on any atom is 0.246 e. The molecule has 0 radical (unpaired) electrons. The molecule has 0 heterocycles. The molecule has 0 bridgehead atoms. The molecule has 0 aliphatic heterocycles. The summed E-state index contributed by atoms with van der Waals surface area (Å²) in [5, 5.41) is 3.05. The Morgan fingerprint density at radius 3 is 2.41 bits per heavy atom. The lowest BCUT2D eigenvalue weighted by molar-refractivity contribution is -0.121. The van der Waals surface area contributed by atoms with Gasteiger partial charge >= 0.3 is 0 Å². The Labute approximate surface area is 164 Å². The first kappa shape index (κ1) is 21.3. The van der Waals surface area contributed by atoms with Gasteiger partial charge in [0, 0.05) is 18.1 Å². The molecule has 1 amide bonds. The van der Waals surface area contributed by atoms with E-state index >= 15 is 0 Å². The Hall–Kier alpha value is -1.96. The molecule has 27 heavy (non-hydrogen) atoms. The summed E-state index contributed by atoms with van der Waals surface area (Å²) >= 11 is 6.14. The van der Waals surface area contributed by atoms with Crippen LogP contribution in [0.25, 0.3) is 0 Å². The van der Waals surface area contributed by atoms with E-state index in [-0.39, 0.29) is 12.5 Å². The molecule has 2 aromatic carbocycles. The molecule has 0 spiro atoms. The zero-order valence-electron chi connectivity index (χ0n) is 15.2. The minimum absolute atomic E-state index is 0.147. The summed E-state index contributed by atoms with van der Waals surface area (Å²) in [5.74, 6) is -1.12. The molecule has 8 heteroatoms. The Bertz CT molecular complexity index is 903. The molecule has 0 aliphatic carbocycles. The molecule has 0 unspecified atom stereocenters. The van der Waals surface area contributed by atoms with Gasteiger partial charge in [-0.2, -0.15) is 4.31 Å². The number of nitrogens with zero attached hydrogens (tertiary/aromatic N) is 1. The second-order valence-corrected chi connectivity index (χ2v) is 8.81. The summed E-state index contributed by atoms with van der Waals surface area (Å²) in [7, 11) is -4.24. The Morgan fingerprint density at radius 2 is 1.78 bits per heavy atom. The standard InChI is InChI=1S/C19H22ClFN2O3S/c1-14(2)11-22-19(24)13-23(12-15-7-3-4-8-16(15)20)27(25,26)18-10-6-5-9-17(18)21/h3-10,14H,11-13H2,1-2H3,(H,22,24). The highest BCUT2D eigenvalue weighted by Crippen LogP contribution is 2.23. The van der Waals surface area contributed by atoms with Crippen molar-refractivity contribution in [3.8, 4) is 0 Å². The van der Waals surface area contributed by atoms with Gasteiger partial charge in [-0.1, -0.05) is 55.8 Å². The van der Waals surface area contributed by atoms with Crippen LogP contribution in [0.2, 0.25) is 5.02 Å². The van der Waals surface area contributed by atoms with Crippen LogP contribution in [0.4, 0.5) is 4.39 Å². The van der Waals surface area contributed by atoms with Crippen LogP contribution in [-0.4, -0.2) is 31.7 Å². The third kappa shape index (κ3) is 5.76. The van der Waals surface area contributed by atoms with Gasteiger partial charge in [-0.3, -0.25) is 4.79 Å². The van der Waals surface area contributed by atoms with Gasteiger partial charge in [0.15, 0.2) is 0 Å². The molecule has 0 saturated heterocycles. The monoisotopic (exact) mass is 412 g/mol. The fourth-order valence-electron chi connectivity index (χ4n) is 2.37. The van der Waals surface area contributed by atoms with Gasteiger partial charge in [-0.05, 0) is 29.7 Å². The second kappa shape index (κ2) is 9.30. The van der Waals surface area contributed by atoms with E-state index in [4.69, 9.17) is 11.6 Å². The highest BCUT2D eigenvalue weighted by Gasteiger charge is 2.29. The van der Waals surface area contributed by atoms with Crippen molar-refractivity contribution in [1.29, 1.82) is 0 Å². The van der Waals surface area contributed by atoms with Gasteiger partial charge in [-0.15, -0.1) is 0 Å². The number of amides is 1. The van der Waals surface area contributed by atoms with Gasteiger partial charge in [-0.25, -0.2) is 12.8 Å². The lowest BCUT2D eigenvalue weighted by Crippen LogP contribution is -2.41. The van der Waals surface area contributed by atoms with E-state index in [1.165, 1.54) is 18.2 Å². The van der Waals surface area contributed by atoms with Crippen molar-refractivity contribution in [2.45, 2.75) is 25.3 Å². The van der Waals surface area contributed by atoms with Gasteiger partial charge in [0.2, 0.25) is 15.9 Å². The first-order valence-corrected chi connectivity index (χ1v) is 10.3. The van der Waals surface area contributed by atoms with Gasteiger partial charge in [0.05, 0.1) is 6.54 Å². The van der Waals surface area contributed by atoms with E-state index in [9.17, 15) is 17.6 Å². The predicted molar refractivity (Wildman–Crippen MR) is 103 cm³/mol. The van der Waals surface area contributed by atoms with Crippen molar-refractivity contribution < 1.29 is 17.6 Å². The highest BCUT2D eigenvalue weighted by molar-refractivity contribution is 7.89. The highest BCUT2D eigenvalue weighted by atomic mass is 35.5. The first-order chi connectivity index (χ1) is 12.7. The number of sulfonamides is 1. The molecule has 146 valence electrons. The Balaban J connectivity index is 2.35. The lowest BCUT2D eigenvalue weighted by Gasteiger charge is -2.23. The number of nitrogens with one attached hydrogen (secondary N) is 1. The number of benzene rings is 2. The van der Waals surface area contributed by atoms with Crippen LogP contribution in [-0.2, 0) is 21.4 Å². The molecule has 1 N–H and O–H groups in total. The number of hydrogen-bond donors (Lipinski definition) is 1. The summed E-state index contributed by atoms with van der Waals surface area (Å²) in [4.78, 5) is 11.8. The normalized spacial score (nSPS) is 11.8. The topological polar surface area (TPSA) is 66.5 Å². The van der Waals surface area contributed by atoms with E-state index in [1.54, 1.807) is 24.3 Å². The number of halogens is 2. The third-order valence-corrected chi connectivity index (χ3v) is 5.98. The summed E-state index contributed by atoms with van der Waals surface area (Å²) in [6.07, 6.45) is 0. The van der Waals surface area contributed by atoms with E-state index in [0.29, 0.717) is 17.1 Å². The largest absolute Gasteiger partial charge is 0.355 e. The third-order valence-electron chi connectivity index (χ3n) is 3.79. The van der Waals surface area contributed by atoms with Crippen molar-refractivity contribution in [2.24, 2.45) is 5.92 Å². The van der Waals surface area contributed by atoms with Crippen LogP contribution in [0, 0.1) is 11.7 Å². The van der Waals surface area contributed by atoms with Gasteiger partial charge in [0.1, 0.15) is 10.7 Å². The molecule has 5 nitrogen and oxygen atoms in total. The number of rotatable bonds is 8. The Morgan fingerprint density at radius 1 is 1.15 bits per heavy atom. The second-order valence-electron chi connectivity index (χ2n) is 6.49. The molecular weight excluding hydrogens is 391 g/mol. The maximum absolute atomic E-state index is 14.1. The van der Waals surface area contributed by atoms with Crippen molar-refractivity contribution >= 4 is 27.5 Å². The van der Waals surface area contributed by atoms with Crippen molar-refractivity contribution in [3.05, 3.63) is 64.9 Å². The number of hydrogen-bond acceptors (Lipinski definition) is 3. The molecule has 0 saturated carbocycles. The van der Waals surface area contributed by atoms with E-state index < -0.39 is 33.2 Å². The van der Waals surface area contributed by atoms with Crippen LogP contribution in [0.15, 0.2) is 53.4 Å². The molecule has 0 aromatic heterocycles. The quantitative estimate of drug-likeness (QED) is 0.722. The number of carbonyl (C=O) groups is 1.